The number of fused-ring (bicyclic) bond motifs is 1. The van der Waals surface area contributed by atoms with E-state index in [1.807, 2.05) is 6.07 Å². The summed E-state index contributed by atoms with van der Waals surface area (Å²) in [7, 11) is 1.49. The van der Waals surface area contributed by atoms with Crippen molar-refractivity contribution in [3.8, 4) is 11.4 Å². The first-order valence-electron chi connectivity index (χ1n) is 8.01. The van der Waals surface area contributed by atoms with E-state index in [0.29, 0.717) is 34.9 Å². The van der Waals surface area contributed by atoms with Crippen LogP contribution in [0.3, 0.4) is 0 Å². The van der Waals surface area contributed by atoms with Crippen LogP contribution in [0.25, 0.3) is 22.6 Å². The largest absolute Gasteiger partial charge is 0.481 e. The fourth-order valence-electron chi connectivity index (χ4n) is 2.41. The van der Waals surface area contributed by atoms with Gasteiger partial charge in [0.05, 0.1) is 17.7 Å². The minimum Gasteiger partial charge on any atom is -0.481 e. The van der Waals surface area contributed by atoms with Gasteiger partial charge in [0.25, 0.3) is 0 Å². The van der Waals surface area contributed by atoms with Gasteiger partial charge in [0.2, 0.25) is 4.83 Å². The van der Waals surface area contributed by atoms with Crippen molar-refractivity contribution >= 4 is 40.2 Å². The fourth-order valence-corrected chi connectivity index (χ4v) is 4.69. The molecule has 27 heavy (non-hydrogen) atoms. The lowest BCUT2D eigenvalue weighted by Crippen LogP contribution is -2.08. The lowest BCUT2D eigenvalue weighted by Gasteiger charge is -2.06. The first-order valence-corrected chi connectivity index (χ1v) is 11.1. The van der Waals surface area contributed by atoms with Crippen molar-refractivity contribution < 1.29 is 22.7 Å². The highest BCUT2D eigenvalue weighted by Gasteiger charge is 2.30. The third-order valence-corrected chi connectivity index (χ3v) is 6.25. The zero-order valence-electron chi connectivity index (χ0n) is 14.2. The molecule has 1 radical (unpaired) electrons. The Morgan fingerprint density at radius 3 is 2.67 bits per heavy atom. The lowest BCUT2D eigenvalue weighted by atomic mass is 10.1. The van der Waals surface area contributed by atoms with Gasteiger partial charge in [-0.2, -0.15) is 13.2 Å². The van der Waals surface area contributed by atoms with Crippen LogP contribution in [0.15, 0.2) is 36.5 Å². The van der Waals surface area contributed by atoms with Crippen LogP contribution in [0.1, 0.15) is 18.1 Å². The van der Waals surface area contributed by atoms with Gasteiger partial charge < -0.3 is 9.72 Å². The molecule has 0 amide bonds. The first kappa shape index (κ1) is 19.7. The van der Waals surface area contributed by atoms with Crippen LogP contribution in [-0.2, 0) is 16.7 Å². The molecule has 0 saturated carbocycles. The molecule has 1 N–H and O–H groups in total. The van der Waals surface area contributed by atoms with E-state index in [1.165, 1.54) is 22.3 Å². The van der Waals surface area contributed by atoms with E-state index >= 15 is 0 Å². The highest BCUT2D eigenvalue weighted by molar-refractivity contribution is 8.24. The van der Waals surface area contributed by atoms with Crippen molar-refractivity contribution in [2.45, 2.75) is 18.9 Å². The molecule has 2 aromatic heterocycles. The summed E-state index contributed by atoms with van der Waals surface area (Å²) in [6.07, 6.45) is -2.76. The van der Waals surface area contributed by atoms with E-state index in [1.54, 1.807) is 13.1 Å². The quantitative estimate of drug-likeness (QED) is 0.602. The number of nitrogens with one attached hydrogen (secondary N) is 1. The number of alkyl halides is 3. The SMILES string of the molecule is CCO[C](=O)[Al][S]Cc1ccnc2nc(-c3ccc(C(F)(F)F)cc3)[nH]c12. The number of halogens is 3. The molecule has 10 heteroatoms. The highest BCUT2D eigenvalue weighted by atomic mass is 32.3. The molecule has 5 nitrogen and oxygen atoms in total. The number of imidazole rings is 1. The van der Waals surface area contributed by atoms with Gasteiger partial charge in [-0.1, -0.05) is 12.1 Å². The third kappa shape index (κ3) is 4.83. The van der Waals surface area contributed by atoms with Gasteiger partial charge >= 0.3 is 20.3 Å². The number of hydrogen-bond donors (Lipinski definition) is 1. The number of carbonyl (C=O) groups excluding carboxylic acids is 1. The Morgan fingerprint density at radius 1 is 1.26 bits per heavy atom. The number of nitrogens with zero attached hydrogens (tertiary/aromatic N) is 2. The van der Waals surface area contributed by atoms with Crippen LogP contribution >= 0.6 is 10.1 Å². The molecule has 3 aromatic rings. The van der Waals surface area contributed by atoms with Crippen LogP contribution in [0.5, 0.6) is 0 Å². The van der Waals surface area contributed by atoms with E-state index in [0.717, 1.165) is 17.7 Å². The number of carbonyl (C=O) groups is 1. The van der Waals surface area contributed by atoms with Crippen LogP contribution in [0.2, 0.25) is 0 Å². The summed E-state index contributed by atoms with van der Waals surface area (Å²) < 4.78 is 43.0. The van der Waals surface area contributed by atoms with Crippen molar-refractivity contribution in [3.05, 3.63) is 47.7 Å². The summed E-state index contributed by atoms with van der Waals surface area (Å²) in [5.41, 5.74) is 1.95. The van der Waals surface area contributed by atoms with E-state index in [-0.39, 0.29) is 4.83 Å². The molecule has 0 saturated heterocycles. The molecule has 0 aliphatic heterocycles. The molecule has 0 unspecified atom stereocenters. The predicted octanol–water partition coefficient (Wildman–Crippen LogP) is 4.65. The molecule has 0 spiro atoms. The minimum atomic E-state index is -4.38. The molecular weight excluding hydrogens is 394 g/mol. The number of ether oxygens (including phenoxy) is 1. The Bertz CT molecular complexity index is 945. The first-order chi connectivity index (χ1) is 12.9. The Labute approximate surface area is 162 Å². The third-order valence-electron chi connectivity index (χ3n) is 3.67. The van der Waals surface area contributed by atoms with E-state index in [2.05, 4.69) is 15.0 Å². The second-order valence-corrected chi connectivity index (χ2v) is 8.55. The van der Waals surface area contributed by atoms with Gasteiger partial charge in [0.1, 0.15) is 5.82 Å². The molecule has 3 rings (SSSR count). The summed E-state index contributed by atoms with van der Waals surface area (Å²) in [5, 5.41) is 0. The zero-order valence-corrected chi connectivity index (χ0v) is 16.2. The molecule has 1 aromatic carbocycles. The number of pyridine rings is 1. The highest BCUT2D eigenvalue weighted by Crippen LogP contribution is 2.31. The number of rotatable bonds is 6. The van der Waals surface area contributed by atoms with Gasteiger partial charge in [-0.15, -0.1) is 0 Å². The Morgan fingerprint density at radius 2 is 2.00 bits per heavy atom. The maximum atomic E-state index is 12.7. The zero-order chi connectivity index (χ0) is 19.4. The molecule has 2 heterocycles. The van der Waals surface area contributed by atoms with Gasteiger partial charge in [0, 0.05) is 17.5 Å². The fraction of sp³-hybridized carbons (Fsp3) is 0.235. The van der Waals surface area contributed by atoms with E-state index < -0.39 is 25.8 Å². The summed E-state index contributed by atoms with van der Waals surface area (Å²) in [4.78, 5) is 23.0. The van der Waals surface area contributed by atoms with Crippen LogP contribution < -0.4 is 0 Å². The summed E-state index contributed by atoms with van der Waals surface area (Å²) in [6.45, 7) is 2.13. The molecule has 0 bridgehead atoms. The smallest absolute Gasteiger partial charge is 0.478 e. The molecule has 0 aliphatic carbocycles. The van der Waals surface area contributed by atoms with Crippen molar-refractivity contribution in [1.82, 2.24) is 15.0 Å². The number of aromatic amines is 1. The summed E-state index contributed by atoms with van der Waals surface area (Å²) >= 11 is -0.538. The standard InChI is InChI=1S/C14H10F3N3S.C3H5O2.Al/c15-14(16,17)10-3-1-8(2-4-10)12-19-11-9(7-21)5-6-18-13(11)20-12;1-2-5-3-4;/h1-6,21H,7H2,(H,18,19,20);2H2,1H3;/q;;+1/p-1. The Kier molecular flexibility index (Phi) is 6.09. The second-order valence-electron chi connectivity index (χ2n) is 5.51. The Balaban J connectivity index is 1.80. The van der Waals surface area contributed by atoms with Gasteiger partial charge in [0.15, 0.2) is 5.65 Å². The lowest BCUT2D eigenvalue weighted by molar-refractivity contribution is -0.137. The monoisotopic (exact) mass is 408 g/mol. The number of aromatic nitrogens is 3. The van der Waals surface area contributed by atoms with Crippen molar-refractivity contribution in [2.24, 2.45) is 0 Å². The maximum absolute atomic E-state index is 12.7. The average molecular weight is 408 g/mol. The molecule has 0 atom stereocenters. The number of benzene rings is 1. The van der Waals surface area contributed by atoms with Crippen molar-refractivity contribution in [3.63, 3.8) is 0 Å². The molecule has 0 fully saturated rings. The molecular formula is C17H14AlF3N3O2S. The average Bonchev–Trinajstić information content (AvgIpc) is 3.06. The van der Waals surface area contributed by atoms with E-state index in [4.69, 9.17) is 4.74 Å². The topological polar surface area (TPSA) is 67.9 Å². The predicted molar refractivity (Wildman–Crippen MR) is 98.4 cm³/mol. The van der Waals surface area contributed by atoms with Gasteiger partial charge in [-0.05, 0) is 30.7 Å². The normalized spacial score (nSPS) is 11.6. The second kappa shape index (κ2) is 8.34. The Hall–Kier alpha value is -2.02. The number of hydrogen-bond acceptors (Lipinski definition) is 5. The molecule has 139 valence electrons. The van der Waals surface area contributed by atoms with Crippen molar-refractivity contribution in [1.29, 1.82) is 0 Å². The number of H-pyrrole nitrogens is 1. The molecule has 0 aliphatic rings. The van der Waals surface area contributed by atoms with Gasteiger partial charge in [-0.25, -0.2) is 20.1 Å². The maximum Gasteiger partial charge on any atom is 0.478 e. The van der Waals surface area contributed by atoms with Crippen LogP contribution in [-0.4, -0.2) is 40.5 Å². The van der Waals surface area contributed by atoms with E-state index in [9.17, 15) is 18.0 Å². The van der Waals surface area contributed by atoms with Crippen LogP contribution in [0.4, 0.5) is 18.0 Å². The summed E-state index contributed by atoms with van der Waals surface area (Å²) in [5.74, 6) is 1.03. The van der Waals surface area contributed by atoms with Crippen molar-refractivity contribution in [2.75, 3.05) is 6.61 Å². The summed E-state index contributed by atoms with van der Waals surface area (Å²) in [6, 6.07) is 6.62. The van der Waals surface area contributed by atoms with Gasteiger partial charge in [-0.3, -0.25) is 4.79 Å². The van der Waals surface area contributed by atoms with Crippen LogP contribution in [0, 0.1) is 0 Å². The minimum absolute atomic E-state index is 0.192.